The molecule has 0 unspecified atom stereocenters. The number of nitrogens with two attached hydrogens (primary N) is 1. The minimum Gasteiger partial charge on any atom is -0.345 e. The summed E-state index contributed by atoms with van der Waals surface area (Å²) >= 11 is 0. The van der Waals surface area contributed by atoms with Crippen molar-refractivity contribution in [2.24, 2.45) is 17.6 Å². The van der Waals surface area contributed by atoms with Gasteiger partial charge in [0.1, 0.15) is 5.82 Å². The standard InChI is InChI=1S/C15H20N6/c1-2-10-5-9(7-16)6-11(10)15-20-19-13-8-18-14-12(21(13)15)3-4-17-14/h3-4,8-11,17H,2,5-7,16H2,1H3/t9-,10-,11+/m1/s1. The highest BCUT2D eigenvalue weighted by molar-refractivity contribution is 5.74. The molecule has 6 heteroatoms. The first-order chi connectivity index (χ1) is 10.3. The summed E-state index contributed by atoms with van der Waals surface area (Å²) in [6.07, 6.45) is 7.18. The van der Waals surface area contributed by atoms with Crippen LogP contribution in [0.25, 0.3) is 16.8 Å². The first-order valence-electron chi connectivity index (χ1n) is 7.69. The molecule has 3 atom stereocenters. The van der Waals surface area contributed by atoms with Crippen LogP contribution in [0.4, 0.5) is 0 Å². The summed E-state index contributed by atoms with van der Waals surface area (Å²) in [5.74, 6) is 2.77. The summed E-state index contributed by atoms with van der Waals surface area (Å²) in [5, 5.41) is 8.81. The summed E-state index contributed by atoms with van der Waals surface area (Å²) in [4.78, 5) is 7.54. The van der Waals surface area contributed by atoms with E-state index in [1.54, 1.807) is 6.20 Å². The van der Waals surface area contributed by atoms with Crippen LogP contribution in [0.15, 0.2) is 18.5 Å². The van der Waals surface area contributed by atoms with E-state index in [0.29, 0.717) is 17.8 Å². The van der Waals surface area contributed by atoms with Crippen molar-refractivity contribution in [3.63, 3.8) is 0 Å². The summed E-state index contributed by atoms with van der Waals surface area (Å²) in [6, 6.07) is 2.04. The molecule has 0 bridgehead atoms. The van der Waals surface area contributed by atoms with Gasteiger partial charge in [-0.1, -0.05) is 13.3 Å². The van der Waals surface area contributed by atoms with E-state index in [0.717, 1.165) is 42.0 Å². The molecule has 0 amide bonds. The largest absolute Gasteiger partial charge is 0.345 e. The van der Waals surface area contributed by atoms with E-state index in [9.17, 15) is 0 Å². The van der Waals surface area contributed by atoms with Crippen molar-refractivity contribution in [3.8, 4) is 0 Å². The summed E-state index contributed by atoms with van der Waals surface area (Å²) in [7, 11) is 0. The Bertz CT molecular complexity index is 773. The predicted octanol–water partition coefficient (Wildman–Crippen LogP) is 2.08. The predicted molar refractivity (Wildman–Crippen MR) is 80.9 cm³/mol. The Hall–Kier alpha value is -1.95. The normalized spacial score (nSPS) is 26.1. The van der Waals surface area contributed by atoms with E-state index >= 15 is 0 Å². The van der Waals surface area contributed by atoms with Crippen LogP contribution in [0.2, 0.25) is 0 Å². The Morgan fingerprint density at radius 2 is 2.29 bits per heavy atom. The Balaban J connectivity index is 1.88. The van der Waals surface area contributed by atoms with E-state index in [-0.39, 0.29) is 0 Å². The third-order valence-corrected chi connectivity index (χ3v) is 4.95. The van der Waals surface area contributed by atoms with Crippen LogP contribution in [-0.4, -0.2) is 31.1 Å². The fraction of sp³-hybridized carbons (Fsp3) is 0.533. The molecule has 3 heterocycles. The summed E-state index contributed by atoms with van der Waals surface area (Å²) in [6.45, 7) is 3.03. The fourth-order valence-corrected chi connectivity index (χ4v) is 3.84. The van der Waals surface area contributed by atoms with Gasteiger partial charge in [-0.05, 0) is 37.3 Å². The van der Waals surface area contributed by atoms with Gasteiger partial charge in [0.2, 0.25) is 0 Å². The summed E-state index contributed by atoms with van der Waals surface area (Å²) < 4.78 is 2.16. The molecule has 6 nitrogen and oxygen atoms in total. The van der Waals surface area contributed by atoms with Crippen molar-refractivity contribution in [1.82, 2.24) is 24.6 Å². The number of nitrogens with zero attached hydrogens (tertiary/aromatic N) is 4. The molecule has 21 heavy (non-hydrogen) atoms. The van der Waals surface area contributed by atoms with Crippen molar-refractivity contribution in [2.45, 2.75) is 32.1 Å². The molecule has 0 radical (unpaired) electrons. The van der Waals surface area contributed by atoms with Gasteiger partial charge in [-0.15, -0.1) is 10.2 Å². The van der Waals surface area contributed by atoms with Gasteiger partial charge in [0, 0.05) is 12.1 Å². The van der Waals surface area contributed by atoms with Crippen LogP contribution in [0.3, 0.4) is 0 Å². The van der Waals surface area contributed by atoms with Crippen LogP contribution < -0.4 is 5.73 Å². The lowest BCUT2D eigenvalue weighted by molar-refractivity contribution is 0.445. The first-order valence-corrected chi connectivity index (χ1v) is 7.69. The lowest BCUT2D eigenvalue weighted by atomic mass is 9.93. The molecule has 0 spiro atoms. The third-order valence-electron chi connectivity index (χ3n) is 4.95. The quantitative estimate of drug-likeness (QED) is 0.771. The highest BCUT2D eigenvalue weighted by atomic mass is 15.3. The molecule has 4 rings (SSSR count). The molecule has 0 aromatic carbocycles. The maximum Gasteiger partial charge on any atom is 0.179 e. The second-order valence-electron chi connectivity index (χ2n) is 6.07. The Morgan fingerprint density at radius 1 is 1.38 bits per heavy atom. The number of fused-ring (bicyclic) bond motifs is 3. The highest BCUT2D eigenvalue weighted by Crippen LogP contribution is 2.44. The number of H-pyrrole nitrogens is 1. The van der Waals surface area contributed by atoms with E-state index in [1.807, 2.05) is 12.3 Å². The highest BCUT2D eigenvalue weighted by Gasteiger charge is 2.36. The van der Waals surface area contributed by atoms with E-state index in [4.69, 9.17) is 5.73 Å². The maximum atomic E-state index is 5.90. The number of rotatable bonds is 3. The van der Waals surface area contributed by atoms with Crippen LogP contribution in [0, 0.1) is 11.8 Å². The molecular formula is C15H20N6. The van der Waals surface area contributed by atoms with Crippen LogP contribution in [-0.2, 0) is 0 Å². The van der Waals surface area contributed by atoms with Crippen molar-refractivity contribution < 1.29 is 0 Å². The molecule has 1 fully saturated rings. The number of aromatic amines is 1. The minimum absolute atomic E-state index is 0.444. The lowest BCUT2D eigenvalue weighted by Gasteiger charge is -2.16. The van der Waals surface area contributed by atoms with Gasteiger partial charge >= 0.3 is 0 Å². The molecule has 3 aromatic rings. The Morgan fingerprint density at radius 3 is 3.10 bits per heavy atom. The van der Waals surface area contributed by atoms with Gasteiger partial charge in [-0.25, -0.2) is 4.98 Å². The lowest BCUT2D eigenvalue weighted by Crippen LogP contribution is -2.11. The fourth-order valence-electron chi connectivity index (χ4n) is 3.84. The van der Waals surface area contributed by atoms with Crippen molar-refractivity contribution in [3.05, 3.63) is 24.3 Å². The SMILES string of the molecule is CC[C@@H]1C[C@@H](CN)C[C@@H]1c1nnc2cnc3[nH]ccc3n12. The molecule has 0 saturated heterocycles. The zero-order chi connectivity index (χ0) is 14.4. The van der Waals surface area contributed by atoms with Gasteiger partial charge in [-0.2, -0.15) is 0 Å². The number of nitrogens with one attached hydrogen (secondary N) is 1. The molecule has 110 valence electrons. The molecule has 0 aliphatic heterocycles. The van der Waals surface area contributed by atoms with Crippen LogP contribution in [0.5, 0.6) is 0 Å². The minimum atomic E-state index is 0.444. The Labute approximate surface area is 122 Å². The van der Waals surface area contributed by atoms with Gasteiger partial charge < -0.3 is 10.7 Å². The Kier molecular flexibility index (Phi) is 2.92. The van der Waals surface area contributed by atoms with Crippen LogP contribution in [0.1, 0.15) is 37.9 Å². The van der Waals surface area contributed by atoms with Crippen LogP contribution >= 0.6 is 0 Å². The maximum absolute atomic E-state index is 5.90. The molecule has 1 aliphatic carbocycles. The average Bonchev–Trinajstić information content (AvgIpc) is 3.22. The number of hydrogen-bond acceptors (Lipinski definition) is 4. The smallest absolute Gasteiger partial charge is 0.179 e. The topological polar surface area (TPSA) is 84.9 Å². The van der Waals surface area contributed by atoms with E-state index < -0.39 is 0 Å². The van der Waals surface area contributed by atoms with Gasteiger partial charge in [0.25, 0.3) is 0 Å². The zero-order valence-electron chi connectivity index (χ0n) is 12.2. The third kappa shape index (κ3) is 1.86. The molecule has 1 aliphatic rings. The van der Waals surface area contributed by atoms with Gasteiger partial charge in [-0.3, -0.25) is 4.40 Å². The molecular weight excluding hydrogens is 264 g/mol. The average molecular weight is 284 g/mol. The zero-order valence-corrected chi connectivity index (χ0v) is 12.2. The van der Waals surface area contributed by atoms with E-state index in [2.05, 4.69) is 31.5 Å². The second-order valence-corrected chi connectivity index (χ2v) is 6.07. The number of aromatic nitrogens is 5. The molecule has 3 aromatic heterocycles. The number of hydrogen-bond donors (Lipinski definition) is 2. The molecule has 3 N–H and O–H groups in total. The second kappa shape index (κ2) is 4.80. The molecule has 1 saturated carbocycles. The van der Waals surface area contributed by atoms with Gasteiger partial charge in [0.05, 0.1) is 11.7 Å². The van der Waals surface area contributed by atoms with Gasteiger partial charge in [0.15, 0.2) is 11.3 Å². The first kappa shape index (κ1) is 12.8. The van der Waals surface area contributed by atoms with Crippen molar-refractivity contribution in [2.75, 3.05) is 6.54 Å². The van der Waals surface area contributed by atoms with Crippen molar-refractivity contribution >= 4 is 16.8 Å². The summed E-state index contributed by atoms with van der Waals surface area (Å²) in [5.41, 5.74) is 8.65. The van der Waals surface area contributed by atoms with E-state index in [1.165, 1.54) is 6.42 Å². The monoisotopic (exact) mass is 284 g/mol. The van der Waals surface area contributed by atoms with Crippen molar-refractivity contribution in [1.29, 1.82) is 0 Å².